The molecular weight excluding hydrogens is 714 g/mol. The first-order valence-corrected chi connectivity index (χ1v) is 15.7. The number of hydrogen-bond donors (Lipinski definition) is 8. The van der Waals surface area contributed by atoms with Crippen LogP contribution in [0, 0.1) is 0 Å². The number of phosphoric acid groups is 2. The van der Waals surface area contributed by atoms with Crippen molar-refractivity contribution >= 4 is 141 Å². The minimum atomic E-state index is -5.37. The number of allylic oxidation sites excluding steroid dienone is 1. The second kappa shape index (κ2) is 16.6. The van der Waals surface area contributed by atoms with Crippen LogP contribution in [0.15, 0.2) is 36.7 Å². The van der Waals surface area contributed by atoms with E-state index in [4.69, 9.17) is 30.0 Å². The van der Waals surface area contributed by atoms with Gasteiger partial charge in [0.1, 0.15) is 48.5 Å². The van der Waals surface area contributed by atoms with Crippen molar-refractivity contribution in [1.82, 2.24) is 24.4 Å². The Morgan fingerprint density at radius 1 is 0.935 bits per heavy atom. The number of carbonyl (C=O) groups is 1. The zero-order valence-corrected chi connectivity index (χ0v) is 32.4. The Balaban J connectivity index is 0.00000288. The van der Waals surface area contributed by atoms with Gasteiger partial charge in [-0.15, -0.1) is 0 Å². The molecule has 0 aromatic carbocycles. The van der Waals surface area contributed by atoms with Crippen molar-refractivity contribution < 1.29 is 67.0 Å². The first-order chi connectivity index (χ1) is 20.7. The van der Waals surface area contributed by atoms with E-state index < -0.39 is 83.8 Å². The normalized spacial score (nSPS) is 31.9. The molecule has 10 atom stereocenters. The van der Waals surface area contributed by atoms with Crippen LogP contribution in [0.1, 0.15) is 12.6 Å². The Morgan fingerprint density at radius 3 is 2.09 bits per heavy atom. The Bertz CT molecular complexity index is 1570. The molecule has 2 unspecified atom stereocenters. The van der Waals surface area contributed by atoms with Crippen molar-refractivity contribution in [3.63, 3.8) is 0 Å². The van der Waals surface area contributed by atoms with Gasteiger partial charge in [-0.2, -0.15) is 4.31 Å². The van der Waals surface area contributed by atoms with Crippen molar-refractivity contribution in [1.29, 1.82) is 0 Å². The Morgan fingerprint density at radius 2 is 1.50 bits per heavy atom. The molecule has 2 aromatic rings. The van der Waals surface area contributed by atoms with Gasteiger partial charge in [-0.05, 0) is 6.42 Å². The second-order valence-electron chi connectivity index (χ2n) is 9.84. The quantitative estimate of drug-likeness (QED) is 0.0819. The molecular formula is C21H29K2N7O14P2. The van der Waals surface area contributed by atoms with Crippen LogP contribution in [0.2, 0.25) is 0 Å². The number of nitrogens with two attached hydrogens (primary N) is 2. The fourth-order valence-electron chi connectivity index (χ4n) is 4.68. The van der Waals surface area contributed by atoms with E-state index in [1.165, 1.54) is 28.2 Å². The van der Waals surface area contributed by atoms with Crippen LogP contribution >= 0.6 is 15.6 Å². The van der Waals surface area contributed by atoms with Gasteiger partial charge in [0, 0.05) is 121 Å². The number of fused-ring (bicyclic) bond motifs is 1. The van der Waals surface area contributed by atoms with Crippen LogP contribution < -0.4 is 11.5 Å². The monoisotopic (exact) mass is 743 g/mol. The van der Waals surface area contributed by atoms with E-state index >= 15 is 0 Å². The van der Waals surface area contributed by atoms with Crippen molar-refractivity contribution in [2.45, 2.75) is 55.5 Å². The van der Waals surface area contributed by atoms with Crippen molar-refractivity contribution in [2.75, 3.05) is 18.9 Å². The van der Waals surface area contributed by atoms with E-state index in [0.29, 0.717) is 0 Å². The number of ether oxygens (including phenoxy) is 2. The molecule has 25 heteroatoms. The number of aliphatic hydroxyl groups is 4. The van der Waals surface area contributed by atoms with E-state index in [9.17, 15) is 44.1 Å². The van der Waals surface area contributed by atoms with E-state index in [2.05, 4.69) is 19.3 Å². The third-order valence-electron chi connectivity index (χ3n) is 6.88. The summed E-state index contributed by atoms with van der Waals surface area (Å²) >= 11 is 0. The molecule has 0 aliphatic carbocycles. The Hall–Kier alpha value is 0.393. The first kappa shape index (κ1) is 40.8. The molecule has 0 saturated carbocycles. The number of nitrogens with zero attached hydrogens (tertiary/aromatic N) is 5. The van der Waals surface area contributed by atoms with Crippen LogP contribution in [-0.4, -0.2) is 219 Å². The molecule has 3 aliphatic rings. The molecule has 2 radical (unpaired) electrons. The maximum Gasteiger partial charge on any atom is 0.481 e. The summed E-state index contributed by atoms with van der Waals surface area (Å²) in [5.41, 5.74) is 11.6. The number of hydrogen-bond acceptors (Lipinski definition) is 17. The van der Waals surface area contributed by atoms with E-state index in [1.807, 2.05) is 0 Å². The van der Waals surface area contributed by atoms with Gasteiger partial charge in [0.2, 0.25) is 5.91 Å². The van der Waals surface area contributed by atoms with Crippen molar-refractivity contribution in [3.05, 3.63) is 36.7 Å². The fraction of sp³-hybridized carbons (Fsp3) is 0.524. The summed E-state index contributed by atoms with van der Waals surface area (Å²) in [7, 11) is -10.7. The Kier molecular flexibility index (Phi) is 14.7. The average molecular weight is 744 g/mol. The molecule has 10 N–H and O–H groups in total. The molecule has 5 rings (SSSR count). The third kappa shape index (κ3) is 9.19. The van der Waals surface area contributed by atoms with Crippen molar-refractivity contribution in [2.24, 2.45) is 5.73 Å². The second-order valence-corrected chi connectivity index (χ2v) is 12.9. The summed E-state index contributed by atoms with van der Waals surface area (Å²) in [4.78, 5) is 44.6. The minimum absolute atomic E-state index is 0. The summed E-state index contributed by atoms with van der Waals surface area (Å²) in [5.74, 6) is -0.658. The summed E-state index contributed by atoms with van der Waals surface area (Å²) in [6.45, 7) is -1.79. The van der Waals surface area contributed by atoms with Gasteiger partial charge >= 0.3 is 15.6 Å². The topological polar surface area (TPSA) is 318 Å². The van der Waals surface area contributed by atoms with Crippen LogP contribution in [0.3, 0.4) is 0 Å². The standard InChI is InChI=1S/C21H29N7O14P2.2K/c22-17-12-19(25-7-24-17)28(8-26-12)21-16(32)14(30)11(41-21)6-39-44(36,37)42-43(34,35)38-5-10-13(29)15(31)20(40-10)27-3-1-2-9(4-27)18(23)33;;/h1,3-4,7-8,10-11,13-16,20-21,29-32H,2,5-6H2,(H2,23,33)(H,34,35)(H,36,37)(H2,22,24,25);;/t10-,11-,13-,14-,15-,16-,20-,21-;;/m1../s1. The maximum absolute atomic E-state index is 12.4. The van der Waals surface area contributed by atoms with Crippen LogP contribution in [0.5, 0.6) is 0 Å². The number of amides is 1. The number of nitrogen functional groups attached to an aromatic ring is 1. The number of aliphatic hydroxyl groups excluding tert-OH is 4. The molecule has 2 aromatic heterocycles. The molecule has 3 aliphatic heterocycles. The van der Waals surface area contributed by atoms with Gasteiger partial charge < -0.3 is 56.1 Å². The first-order valence-electron chi connectivity index (χ1n) is 12.7. The number of imidazole rings is 1. The molecule has 46 heavy (non-hydrogen) atoms. The Labute approximate surface area is 345 Å². The number of primary amides is 1. The SMILES string of the molecule is NC(=O)C1=CN([C@@H]2O[C@H](COP(=O)(O)OP(=O)(O)OC[C@H]3O[C@@H](n4cnc5c(N)ncnc54)[C@H](O)[C@@H]3O)[C@@H](O)[C@H]2O)C=CC1.[K].[K]. The van der Waals surface area contributed by atoms with Crippen LogP contribution in [-0.2, 0) is 36.8 Å². The molecule has 1 amide bonds. The van der Waals surface area contributed by atoms with Gasteiger partial charge in [-0.3, -0.25) is 18.4 Å². The fourth-order valence-corrected chi connectivity index (χ4v) is 6.77. The summed E-state index contributed by atoms with van der Waals surface area (Å²) in [6, 6.07) is 0. The molecule has 0 bridgehead atoms. The van der Waals surface area contributed by atoms with E-state index in [1.54, 1.807) is 6.08 Å². The largest absolute Gasteiger partial charge is 0.481 e. The molecule has 2 saturated heterocycles. The van der Waals surface area contributed by atoms with Gasteiger partial charge in [0.05, 0.1) is 19.5 Å². The predicted octanol–water partition coefficient (Wildman–Crippen LogP) is -3.45. The number of carbonyl (C=O) groups excluding carboxylic acids is 1. The van der Waals surface area contributed by atoms with Crippen LogP contribution in [0.4, 0.5) is 5.82 Å². The van der Waals surface area contributed by atoms with Gasteiger partial charge in [-0.1, -0.05) is 6.08 Å². The van der Waals surface area contributed by atoms with E-state index in [0.717, 1.165) is 6.33 Å². The van der Waals surface area contributed by atoms with E-state index in [-0.39, 0.29) is 132 Å². The molecule has 5 heterocycles. The van der Waals surface area contributed by atoms with Crippen LogP contribution in [0.25, 0.3) is 11.2 Å². The maximum atomic E-state index is 12.4. The number of rotatable bonds is 11. The zero-order chi connectivity index (χ0) is 32.0. The third-order valence-corrected chi connectivity index (χ3v) is 9.48. The van der Waals surface area contributed by atoms with Gasteiger partial charge in [-0.25, -0.2) is 24.1 Å². The minimum Gasteiger partial charge on any atom is -0.387 e. The number of phosphoric ester groups is 2. The summed E-state index contributed by atoms with van der Waals surface area (Å²) in [5, 5.41) is 41.6. The molecule has 21 nitrogen and oxygen atoms in total. The molecule has 244 valence electrons. The summed E-state index contributed by atoms with van der Waals surface area (Å²) in [6.07, 6.45) is -4.88. The number of aromatic nitrogens is 4. The molecule has 2 fully saturated rings. The average Bonchev–Trinajstić information content (AvgIpc) is 3.61. The van der Waals surface area contributed by atoms with Gasteiger partial charge in [0.15, 0.2) is 23.9 Å². The summed E-state index contributed by atoms with van der Waals surface area (Å²) < 4.78 is 50.8. The number of anilines is 1. The molecule has 0 spiro atoms. The smallest absolute Gasteiger partial charge is 0.387 e. The van der Waals surface area contributed by atoms with Crippen molar-refractivity contribution in [3.8, 4) is 0 Å². The predicted molar refractivity (Wildman–Crippen MR) is 153 cm³/mol. The van der Waals surface area contributed by atoms with Gasteiger partial charge in [0.25, 0.3) is 0 Å². The zero-order valence-electron chi connectivity index (χ0n) is 24.4.